The molecule has 0 spiro atoms. The Balaban J connectivity index is 2.12. The van der Waals surface area contributed by atoms with Crippen molar-refractivity contribution in [1.29, 1.82) is 0 Å². The Kier molecular flexibility index (Phi) is 3.89. The molecule has 4 nitrogen and oxygen atoms in total. The van der Waals surface area contributed by atoms with Gasteiger partial charge in [-0.2, -0.15) is 5.10 Å². The Hall–Kier alpha value is -3.02. The monoisotopic (exact) mass is 314 g/mol. The van der Waals surface area contributed by atoms with E-state index in [9.17, 15) is 13.6 Å². The van der Waals surface area contributed by atoms with Crippen LogP contribution in [0.2, 0.25) is 0 Å². The lowest BCUT2D eigenvalue weighted by atomic mass is 10.0. The van der Waals surface area contributed by atoms with Gasteiger partial charge in [0.1, 0.15) is 23.9 Å². The third kappa shape index (κ3) is 3.26. The second kappa shape index (κ2) is 6.00. The van der Waals surface area contributed by atoms with Crippen LogP contribution in [0.4, 0.5) is 8.78 Å². The van der Waals surface area contributed by atoms with E-state index in [1.165, 1.54) is 28.9 Å². The van der Waals surface area contributed by atoms with E-state index < -0.39 is 5.97 Å². The zero-order valence-electron chi connectivity index (χ0n) is 11.9. The minimum absolute atomic E-state index is 0.296. The summed E-state index contributed by atoms with van der Waals surface area (Å²) in [5, 5.41) is 13.2. The first kappa shape index (κ1) is 14.9. The molecule has 0 unspecified atom stereocenters. The smallest absolute Gasteiger partial charge is 0.325 e. The van der Waals surface area contributed by atoms with E-state index in [2.05, 4.69) is 5.10 Å². The molecule has 1 aromatic heterocycles. The molecule has 0 aliphatic carbocycles. The molecule has 2 aromatic carbocycles. The highest BCUT2D eigenvalue weighted by atomic mass is 19.1. The fourth-order valence-corrected chi connectivity index (χ4v) is 2.30. The van der Waals surface area contributed by atoms with E-state index >= 15 is 0 Å². The first-order valence-corrected chi connectivity index (χ1v) is 6.84. The highest BCUT2D eigenvalue weighted by Crippen LogP contribution is 2.31. The highest BCUT2D eigenvalue weighted by Gasteiger charge is 2.14. The summed E-state index contributed by atoms with van der Waals surface area (Å²) in [7, 11) is 0. The molecule has 1 heterocycles. The van der Waals surface area contributed by atoms with Gasteiger partial charge in [0, 0.05) is 17.3 Å². The Morgan fingerprint density at radius 2 is 1.48 bits per heavy atom. The number of halogens is 2. The maximum Gasteiger partial charge on any atom is 0.325 e. The second-order valence-corrected chi connectivity index (χ2v) is 5.00. The standard InChI is InChI=1S/C17H12F2N2O2/c18-13-5-1-11(2-6-13)15-9-21(10-16(22)23)20-17(15)12-3-7-14(19)8-4-12/h1-9H,10H2,(H,22,23). The molecule has 23 heavy (non-hydrogen) atoms. The topological polar surface area (TPSA) is 55.1 Å². The van der Waals surface area contributed by atoms with Crippen LogP contribution in [0.15, 0.2) is 54.7 Å². The number of hydrogen-bond donors (Lipinski definition) is 1. The molecule has 0 aliphatic heterocycles. The van der Waals surface area contributed by atoms with E-state index in [-0.39, 0.29) is 18.2 Å². The van der Waals surface area contributed by atoms with E-state index in [0.29, 0.717) is 22.4 Å². The molecule has 6 heteroatoms. The molecule has 0 fully saturated rings. The first-order chi connectivity index (χ1) is 11.0. The summed E-state index contributed by atoms with van der Waals surface area (Å²) in [6.07, 6.45) is 1.58. The van der Waals surface area contributed by atoms with E-state index in [4.69, 9.17) is 5.11 Å². The zero-order chi connectivity index (χ0) is 16.4. The van der Waals surface area contributed by atoms with Crippen molar-refractivity contribution in [2.75, 3.05) is 0 Å². The van der Waals surface area contributed by atoms with Crippen molar-refractivity contribution in [2.45, 2.75) is 6.54 Å². The maximum absolute atomic E-state index is 13.1. The maximum atomic E-state index is 13.1. The van der Waals surface area contributed by atoms with Crippen LogP contribution in [-0.4, -0.2) is 20.9 Å². The lowest BCUT2D eigenvalue weighted by molar-refractivity contribution is -0.137. The minimum Gasteiger partial charge on any atom is -0.480 e. The van der Waals surface area contributed by atoms with Crippen molar-refractivity contribution < 1.29 is 18.7 Å². The van der Waals surface area contributed by atoms with Crippen LogP contribution in [0.3, 0.4) is 0 Å². The molecule has 0 saturated carbocycles. The Morgan fingerprint density at radius 1 is 0.957 bits per heavy atom. The molecular formula is C17H12F2N2O2. The summed E-state index contributed by atoms with van der Waals surface area (Å²) < 4.78 is 27.5. The Bertz CT molecular complexity index is 777. The van der Waals surface area contributed by atoms with Crippen molar-refractivity contribution in [3.63, 3.8) is 0 Å². The third-order valence-corrected chi connectivity index (χ3v) is 3.33. The van der Waals surface area contributed by atoms with Gasteiger partial charge in [-0.1, -0.05) is 12.1 Å². The summed E-state index contributed by atoms with van der Waals surface area (Å²) in [6.45, 7) is -0.296. The highest BCUT2D eigenvalue weighted by molar-refractivity contribution is 5.80. The Labute approximate surface area is 130 Å². The number of carboxylic acid groups (broad SMARTS) is 1. The van der Waals surface area contributed by atoms with Gasteiger partial charge in [-0.15, -0.1) is 0 Å². The predicted octanol–water partition coefficient (Wildman–Crippen LogP) is 3.58. The molecule has 3 rings (SSSR count). The normalized spacial score (nSPS) is 10.7. The molecule has 0 aliphatic rings. The van der Waals surface area contributed by atoms with E-state index in [1.54, 1.807) is 30.5 Å². The van der Waals surface area contributed by atoms with Crippen LogP contribution < -0.4 is 0 Å². The average molecular weight is 314 g/mol. The van der Waals surface area contributed by atoms with Gasteiger partial charge in [-0.05, 0) is 42.0 Å². The summed E-state index contributed by atoms with van der Waals surface area (Å²) in [5.41, 5.74) is 2.51. The van der Waals surface area contributed by atoms with Crippen LogP contribution in [0, 0.1) is 11.6 Å². The number of hydrogen-bond acceptors (Lipinski definition) is 2. The van der Waals surface area contributed by atoms with Crippen LogP contribution in [-0.2, 0) is 11.3 Å². The quantitative estimate of drug-likeness (QED) is 0.801. The summed E-state index contributed by atoms with van der Waals surface area (Å²) in [6, 6.07) is 11.6. The van der Waals surface area contributed by atoms with Gasteiger partial charge in [0.15, 0.2) is 0 Å². The summed E-state index contributed by atoms with van der Waals surface area (Å²) in [5.74, 6) is -1.76. The van der Waals surface area contributed by atoms with E-state index in [0.717, 1.165) is 0 Å². The number of carboxylic acids is 1. The average Bonchev–Trinajstić information content (AvgIpc) is 2.91. The molecule has 0 atom stereocenters. The number of rotatable bonds is 4. The number of aromatic nitrogens is 2. The van der Waals surface area contributed by atoms with Crippen molar-refractivity contribution in [3.05, 3.63) is 66.4 Å². The number of benzene rings is 2. The molecule has 0 radical (unpaired) electrons. The molecule has 0 amide bonds. The fraction of sp³-hybridized carbons (Fsp3) is 0.0588. The molecular weight excluding hydrogens is 302 g/mol. The van der Waals surface area contributed by atoms with Gasteiger partial charge in [0.25, 0.3) is 0 Å². The lowest BCUT2D eigenvalue weighted by Gasteiger charge is -2.03. The van der Waals surface area contributed by atoms with Crippen LogP contribution in [0.5, 0.6) is 0 Å². The molecule has 3 aromatic rings. The van der Waals surface area contributed by atoms with Gasteiger partial charge < -0.3 is 5.11 Å². The molecule has 1 N–H and O–H groups in total. The molecule has 0 saturated heterocycles. The SMILES string of the molecule is O=C(O)Cn1cc(-c2ccc(F)cc2)c(-c2ccc(F)cc2)n1. The van der Waals surface area contributed by atoms with Crippen molar-refractivity contribution in [2.24, 2.45) is 0 Å². The van der Waals surface area contributed by atoms with Crippen molar-refractivity contribution in [1.82, 2.24) is 9.78 Å². The van der Waals surface area contributed by atoms with Crippen LogP contribution >= 0.6 is 0 Å². The van der Waals surface area contributed by atoms with Crippen molar-refractivity contribution in [3.8, 4) is 22.4 Å². The third-order valence-electron chi connectivity index (χ3n) is 3.33. The second-order valence-electron chi connectivity index (χ2n) is 5.00. The van der Waals surface area contributed by atoms with Gasteiger partial charge in [0.05, 0.1) is 0 Å². The van der Waals surface area contributed by atoms with Crippen LogP contribution in [0.25, 0.3) is 22.4 Å². The number of carbonyl (C=O) groups is 1. The number of nitrogens with zero attached hydrogens (tertiary/aromatic N) is 2. The Morgan fingerprint density at radius 3 is 2.00 bits per heavy atom. The zero-order valence-corrected chi connectivity index (χ0v) is 11.9. The first-order valence-electron chi connectivity index (χ1n) is 6.84. The van der Waals surface area contributed by atoms with E-state index in [1.807, 2.05) is 0 Å². The minimum atomic E-state index is -1.02. The number of aliphatic carboxylic acids is 1. The fourth-order valence-electron chi connectivity index (χ4n) is 2.30. The van der Waals surface area contributed by atoms with Crippen LogP contribution in [0.1, 0.15) is 0 Å². The summed E-state index contributed by atoms with van der Waals surface area (Å²) >= 11 is 0. The summed E-state index contributed by atoms with van der Waals surface area (Å²) in [4.78, 5) is 10.9. The van der Waals surface area contributed by atoms with Gasteiger partial charge in [-0.3, -0.25) is 9.48 Å². The molecule has 0 bridgehead atoms. The largest absolute Gasteiger partial charge is 0.480 e. The van der Waals surface area contributed by atoms with Gasteiger partial charge in [-0.25, -0.2) is 8.78 Å². The molecule has 116 valence electrons. The predicted molar refractivity (Wildman–Crippen MR) is 80.7 cm³/mol. The van der Waals surface area contributed by atoms with Gasteiger partial charge in [0.2, 0.25) is 0 Å². The van der Waals surface area contributed by atoms with Crippen molar-refractivity contribution >= 4 is 5.97 Å². The lowest BCUT2D eigenvalue weighted by Crippen LogP contribution is -2.08. The van der Waals surface area contributed by atoms with Gasteiger partial charge >= 0.3 is 5.97 Å².